The number of hydrogen-bond acceptors (Lipinski definition) is 7. The maximum absolute atomic E-state index is 12.6. The van der Waals surface area contributed by atoms with Gasteiger partial charge in [-0.1, -0.05) is 11.3 Å². The van der Waals surface area contributed by atoms with E-state index in [0.29, 0.717) is 49.5 Å². The number of fused-ring (bicyclic) bond motifs is 1. The van der Waals surface area contributed by atoms with E-state index in [1.54, 1.807) is 11.6 Å². The molecule has 146 valence electrons. The number of aromatic nitrogens is 2. The van der Waals surface area contributed by atoms with Crippen LogP contribution in [0.5, 0.6) is 0 Å². The molecule has 2 aliphatic heterocycles. The van der Waals surface area contributed by atoms with E-state index < -0.39 is 0 Å². The fraction of sp³-hybridized carbons (Fsp3) is 0.647. The van der Waals surface area contributed by atoms with Crippen molar-refractivity contribution in [3.8, 4) is 0 Å². The maximum atomic E-state index is 12.6. The lowest BCUT2D eigenvalue weighted by Crippen LogP contribution is -2.52. The Morgan fingerprint density at radius 3 is 2.78 bits per heavy atom. The van der Waals surface area contributed by atoms with E-state index in [1.165, 1.54) is 22.2 Å². The maximum Gasteiger partial charge on any atom is 0.373 e. The van der Waals surface area contributed by atoms with Gasteiger partial charge in [-0.3, -0.25) is 9.69 Å². The number of imidazole rings is 1. The molecule has 2 fully saturated rings. The molecule has 0 N–H and O–H groups in total. The monoisotopic (exact) mass is 392 g/mol. The van der Waals surface area contributed by atoms with E-state index in [0.717, 1.165) is 19.4 Å². The zero-order chi connectivity index (χ0) is 19.0. The SMILES string of the molecule is CC1CCCCN1C(=O)CN1CCN(c2nc3sccn3c2[N+](=O)[O-])CC1. The second kappa shape index (κ2) is 7.43. The number of carbonyl (C=O) groups excluding carboxylic acids is 1. The molecule has 1 unspecified atom stereocenters. The minimum Gasteiger partial charge on any atom is -0.358 e. The summed E-state index contributed by atoms with van der Waals surface area (Å²) in [4.78, 5) is 35.0. The predicted octanol–water partition coefficient (Wildman–Crippen LogP) is 1.83. The van der Waals surface area contributed by atoms with Crippen LogP contribution in [0.3, 0.4) is 0 Å². The molecule has 2 aromatic rings. The van der Waals surface area contributed by atoms with Crippen molar-refractivity contribution in [3.63, 3.8) is 0 Å². The summed E-state index contributed by atoms with van der Waals surface area (Å²) in [5.74, 6) is 0.657. The smallest absolute Gasteiger partial charge is 0.358 e. The number of amides is 1. The first-order chi connectivity index (χ1) is 13.0. The van der Waals surface area contributed by atoms with Crippen LogP contribution in [0.25, 0.3) is 4.96 Å². The molecule has 0 radical (unpaired) electrons. The van der Waals surface area contributed by atoms with Crippen LogP contribution in [0.2, 0.25) is 0 Å². The molecule has 0 saturated carbocycles. The van der Waals surface area contributed by atoms with Crippen molar-refractivity contribution in [2.75, 3.05) is 44.2 Å². The number of carbonyl (C=O) groups is 1. The van der Waals surface area contributed by atoms with Crippen LogP contribution in [-0.2, 0) is 4.79 Å². The molecule has 2 aliphatic rings. The topological polar surface area (TPSA) is 87.2 Å². The molecular formula is C17H24N6O3S. The third kappa shape index (κ3) is 3.51. The molecule has 0 spiro atoms. The summed E-state index contributed by atoms with van der Waals surface area (Å²) in [6.45, 7) is 6.09. The van der Waals surface area contributed by atoms with Gasteiger partial charge in [0.05, 0.1) is 6.54 Å². The highest BCUT2D eigenvalue weighted by Gasteiger charge is 2.31. The number of piperidine rings is 1. The normalized spacial score (nSPS) is 21.7. The van der Waals surface area contributed by atoms with Crippen molar-refractivity contribution >= 4 is 33.8 Å². The molecule has 4 heterocycles. The van der Waals surface area contributed by atoms with Gasteiger partial charge in [0.25, 0.3) is 4.96 Å². The van der Waals surface area contributed by atoms with Crippen LogP contribution < -0.4 is 4.90 Å². The second-order valence-electron chi connectivity index (χ2n) is 7.27. The van der Waals surface area contributed by atoms with E-state index >= 15 is 0 Å². The molecule has 27 heavy (non-hydrogen) atoms. The van der Waals surface area contributed by atoms with Crippen LogP contribution in [0.15, 0.2) is 11.6 Å². The number of nitrogens with zero attached hydrogens (tertiary/aromatic N) is 6. The average molecular weight is 392 g/mol. The number of anilines is 1. The molecule has 0 aliphatic carbocycles. The van der Waals surface area contributed by atoms with Gasteiger partial charge in [-0.2, -0.15) is 9.38 Å². The number of thiazole rings is 1. The minimum atomic E-state index is -0.365. The van der Waals surface area contributed by atoms with Crippen molar-refractivity contribution in [2.45, 2.75) is 32.2 Å². The fourth-order valence-electron chi connectivity index (χ4n) is 4.01. The Kier molecular flexibility index (Phi) is 5.00. The highest BCUT2D eigenvalue weighted by molar-refractivity contribution is 7.15. The summed E-state index contributed by atoms with van der Waals surface area (Å²) in [7, 11) is 0. The van der Waals surface area contributed by atoms with Gasteiger partial charge in [0.2, 0.25) is 11.7 Å². The largest absolute Gasteiger partial charge is 0.373 e. The number of nitro groups is 1. The lowest BCUT2D eigenvalue weighted by Gasteiger charge is -2.38. The van der Waals surface area contributed by atoms with Crippen LogP contribution >= 0.6 is 11.3 Å². The van der Waals surface area contributed by atoms with E-state index in [-0.39, 0.29) is 16.6 Å². The average Bonchev–Trinajstić information content (AvgIpc) is 3.23. The van der Waals surface area contributed by atoms with Crippen molar-refractivity contribution in [3.05, 3.63) is 21.7 Å². The molecule has 10 heteroatoms. The number of rotatable bonds is 4. The fourth-order valence-corrected chi connectivity index (χ4v) is 4.72. The zero-order valence-electron chi connectivity index (χ0n) is 15.4. The number of piperazine rings is 1. The first kappa shape index (κ1) is 18.2. The Morgan fingerprint density at radius 1 is 1.30 bits per heavy atom. The summed E-state index contributed by atoms with van der Waals surface area (Å²) >= 11 is 1.39. The minimum absolute atomic E-state index is 0.0258. The summed E-state index contributed by atoms with van der Waals surface area (Å²) in [6.07, 6.45) is 5.06. The lowest BCUT2D eigenvalue weighted by atomic mass is 10.0. The van der Waals surface area contributed by atoms with Crippen LogP contribution in [0.1, 0.15) is 26.2 Å². The molecule has 4 rings (SSSR count). The molecule has 1 amide bonds. The molecule has 0 bridgehead atoms. The molecule has 0 aromatic carbocycles. The lowest BCUT2D eigenvalue weighted by molar-refractivity contribution is -0.389. The van der Waals surface area contributed by atoms with Crippen molar-refractivity contribution < 1.29 is 9.72 Å². The summed E-state index contributed by atoms with van der Waals surface area (Å²) in [6, 6.07) is 0.327. The zero-order valence-corrected chi connectivity index (χ0v) is 16.2. The molecule has 1 atom stereocenters. The Bertz CT molecular complexity index is 841. The van der Waals surface area contributed by atoms with Crippen LogP contribution in [-0.4, -0.2) is 75.3 Å². The van der Waals surface area contributed by atoms with Gasteiger partial charge in [0, 0.05) is 44.1 Å². The first-order valence-electron chi connectivity index (χ1n) is 9.41. The molecule has 2 aromatic heterocycles. The Labute approximate surface area is 161 Å². The third-order valence-corrected chi connectivity index (χ3v) is 6.30. The van der Waals surface area contributed by atoms with Gasteiger partial charge in [0.1, 0.15) is 6.20 Å². The number of likely N-dealkylation sites (tertiary alicyclic amines) is 1. The predicted molar refractivity (Wildman–Crippen MR) is 103 cm³/mol. The van der Waals surface area contributed by atoms with E-state index in [1.807, 2.05) is 9.80 Å². The Morgan fingerprint density at radius 2 is 2.07 bits per heavy atom. The Balaban J connectivity index is 1.39. The van der Waals surface area contributed by atoms with Gasteiger partial charge >= 0.3 is 5.82 Å². The molecule has 2 saturated heterocycles. The summed E-state index contributed by atoms with van der Waals surface area (Å²) < 4.78 is 1.54. The third-order valence-electron chi connectivity index (χ3n) is 5.55. The van der Waals surface area contributed by atoms with E-state index in [9.17, 15) is 14.9 Å². The van der Waals surface area contributed by atoms with Gasteiger partial charge in [-0.15, -0.1) is 0 Å². The van der Waals surface area contributed by atoms with Crippen molar-refractivity contribution in [2.24, 2.45) is 0 Å². The van der Waals surface area contributed by atoms with E-state index in [2.05, 4.69) is 16.8 Å². The second-order valence-corrected chi connectivity index (χ2v) is 8.14. The molecular weight excluding hydrogens is 368 g/mol. The Hall–Kier alpha value is -2.20. The highest BCUT2D eigenvalue weighted by Crippen LogP contribution is 2.31. The summed E-state index contributed by atoms with van der Waals surface area (Å²) in [5.41, 5.74) is 0. The van der Waals surface area contributed by atoms with Gasteiger partial charge in [-0.25, -0.2) is 0 Å². The number of hydrogen-bond donors (Lipinski definition) is 0. The van der Waals surface area contributed by atoms with Gasteiger partial charge in [-0.05, 0) is 31.1 Å². The van der Waals surface area contributed by atoms with E-state index in [4.69, 9.17) is 0 Å². The highest BCUT2D eigenvalue weighted by atomic mass is 32.1. The summed E-state index contributed by atoms with van der Waals surface area (Å²) in [5, 5.41) is 13.3. The first-order valence-corrected chi connectivity index (χ1v) is 10.3. The molecule has 9 nitrogen and oxygen atoms in total. The van der Waals surface area contributed by atoms with Crippen molar-refractivity contribution in [1.82, 2.24) is 19.2 Å². The van der Waals surface area contributed by atoms with Crippen LogP contribution in [0, 0.1) is 10.1 Å². The van der Waals surface area contributed by atoms with Gasteiger partial charge in [0.15, 0.2) is 0 Å². The standard InChI is InChI=1S/C17H24N6O3S/c1-13-4-2-3-5-21(13)14(24)12-19-6-8-20(9-7-19)15-16(23(25)26)22-10-11-27-17(22)18-15/h10-11,13H,2-9,12H2,1H3. The quantitative estimate of drug-likeness (QED) is 0.583. The van der Waals surface area contributed by atoms with Gasteiger partial charge < -0.3 is 19.9 Å². The van der Waals surface area contributed by atoms with Crippen LogP contribution in [0.4, 0.5) is 11.6 Å². The van der Waals surface area contributed by atoms with Crippen molar-refractivity contribution in [1.29, 1.82) is 0 Å².